The normalized spacial score (nSPS) is 12.9. The van der Waals surface area contributed by atoms with Gasteiger partial charge in [-0.3, -0.25) is 14.4 Å². The molecule has 0 heterocycles. The van der Waals surface area contributed by atoms with E-state index in [2.05, 4.69) is 106 Å². The lowest BCUT2D eigenvalue weighted by atomic mass is 10.1. The molecule has 0 N–H and O–H groups in total. The van der Waals surface area contributed by atoms with Crippen LogP contribution in [0.3, 0.4) is 0 Å². The fourth-order valence-corrected chi connectivity index (χ4v) is 6.14. The molecule has 0 aliphatic carbocycles. The number of allylic oxidation sites excluding steroid dienone is 16. The Bertz CT molecular complexity index is 1220. The van der Waals surface area contributed by atoms with Crippen LogP contribution in [-0.4, -0.2) is 37.2 Å². The summed E-state index contributed by atoms with van der Waals surface area (Å²) in [6.45, 7) is 6.28. The molecule has 0 aromatic heterocycles. The second-order valence-corrected chi connectivity index (χ2v) is 15.3. The van der Waals surface area contributed by atoms with Crippen LogP contribution in [0, 0.1) is 0 Å². The highest BCUT2D eigenvalue weighted by atomic mass is 16.6. The van der Waals surface area contributed by atoms with E-state index in [9.17, 15) is 14.4 Å². The van der Waals surface area contributed by atoms with Gasteiger partial charge in [0, 0.05) is 19.3 Å². The van der Waals surface area contributed by atoms with Gasteiger partial charge < -0.3 is 14.2 Å². The highest BCUT2D eigenvalue weighted by Gasteiger charge is 2.19. The monoisotopic (exact) mass is 819 g/mol. The van der Waals surface area contributed by atoms with Crippen molar-refractivity contribution < 1.29 is 28.6 Å². The third-order valence-corrected chi connectivity index (χ3v) is 9.66. The first-order valence-electron chi connectivity index (χ1n) is 23.8. The molecule has 0 aromatic rings. The SMILES string of the molecule is CC\C=C/C=C\C=C/CCCCCCCCCC(=O)OC(COC(=O)CC/C=C\C/C=C\C/C=C\C/C=C\C/C=C\CC)COC(=O)CCCCCCCCCCCC. The first kappa shape index (κ1) is 55.3. The second-order valence-electron chi connectivity index (χ2n) is 15.3. The van der Waals surface area contributed by atoms with Crippen LogP contribution in [0.1, 0.15) is 201 Å². The largest absolute Gasteiger partial charge is 0.462 e. The minimum atomic E-state index is -0.811. The lowest BCUT2D eigenvalue weighted by Crippen LogP contribution is -2.30. The van der Waals surface area contributed by atoms with E-state index in [1.54, 1.807) is 0 Å². The van der Waals surface area contributed by atoms with Crippen LogP contribution in [0.5, 0.6) is 0 Å². The molecule has 1 atom stereocenters. The summed E-state index contributed by atoms with van der Waals surface area (Å²) in [6, 6.07) is 0. The number of unbranched alkanes of at least 4 members (excludes halogenated alkanes) is 16. The van der Waals surface area contributed by atoms with Crippen molar-refractivity contribution in [3.05, 3.63) is 97.2 Å². The predicted molar refractivity (Wildman–Crippen MR) is 251 cm³/mol. The number of esters is 3. The van der Waals surface area contributed by atoms with E-state index in [0.29, 0.717) is 19.3 Å². The van der Waals surface area contributed by atoms with Gasteiger partial charge in [0.05, 0.1) is 0 Å². The maximum absolute atomic E-state index is 12.7. The lowest BCUT2D eigenvalue weighted by molar-refractivity contribution is -0.166. The van der Waals surface area contributed by atoms with Gasteiger partial charge >= 0.3 is 17.9 Å². The van der Waals surface area contributed by atoms with Gasteiger partial charge in [-0.1, -0.05) is 208 Å². The Morgan fingerprint density at radius 2 is 0.780 bits per heavy atom. The Morgan fingerprint density at radius 1 is 0.373 bits per heavy atom. The molecule has 0 aliphatic rings. The second kappa shape index (κ2) is 47.0. The van der Waals surface area contributed by atoms with Gasteiger partial charge in [-0.05, 0) is 70.6 Å². The molecule has 6 nitrogen and oxygen atoms in total. The maximum atomic E-state index is 12.7. The molecule has 0 radical (unpaired) electrons. The zero-order valence-electron chi connectivity index (χ0n) is 38.0. The summed E-state index contributed by atoms with van der Waals surface area (Å²) >= 11 is 0. The van der Waals surface area contributed by atoms with Gasteiger partial charge in [-0.25, -0.2) is 0 Å². The maximum Gasteiger partial charge on any atom is 0.306 e. The van der Waals surface area contributed by atoms with Crippen molar-refractivity contribution in [3.8, 4) is 0 Å². The van der Waals surface area contributed by atoms with Crippen molar-refractivity contribution in [2.75, 3.05) is 13.2 Å². The topological polar surface area (TPSA) is 78.9 Å². The summed E-state index contributed by atoms with van der Waals surface area (Å²) in [6.07, 6.45) is 61.1. The number of carbonyl (C=O) groups excluding carboxylic acids is 3. The molecule has 0 aromatic carbocycles. The van der Waals surface area contributed by atoms with Crippen molar-refractivity contribution in [1.29, 1.82) is 0 Å². The van der Waals surface area contributed by atoms with Gasteiger partial charge in [-0.2, -0.15) is 0 Å². The van der Waals surface area contributed by atoms with Crippen LogP contribution in [0.4, 0.5) is 0 Å². The van der Waals surface area contributed by atoms with E-state index < -0.39 is 6.10 Å². The smallest absolute Gasteiger partial charge is 0.306 e. The third kappa shape index (κ3) is 45.3. The molecule has 1 unspecified atom stereocenters. The van der Waals surface area contributed by atoms with Gasteiger partial charge in [0.1, 0.15) is 13.2 Å². The molecule has 0 rings (SSSR count). The van der Waals surface area contributed by atoms with Crippen molar-refractivity contribution >= 4 is 17.9 Å². The minimum Gasteiger partial charge on any atom is -0.462 e. The molecule has 6 heteroatoms. The zero-order chi connectivity index (χ0) is 43.0. The van der Waals surface area contributed by atoms with Crippen molar-refractivity contribution in [1.82, 2.24) is 0 Å². The van der Waals surface area contributed by atoms with Crippen molar-refractivity contribution in [2.45, 2.75) is 207 Å². The summed E-state index contributed by atoms with van der Waals surface area (Å²) < 4.78 is 16.6. The Morgan fingerprint density at radius 3 is 1.29 bits per heavy atom. The molecule has 0 amide bonds. The first-order valence-corrected chi connectivity index (χ1v) is 23.8. The van der Waals surface area contributed by atoms with Crippen LogP contribution in [-0.2, 0) is 28.6 Å². The molecule has 0 spiro atoms. The number of rotatable bonds is 41. The molecule has 0 bridgehead atoms. The lowest BCUT2D eigenvalue weighted by Gasteiger charge is -2.18. The average molecular weight is 819 g/mol. The molecule has 334 valence electrons. The quantitative estimate of drug-likeness (QED) is 0.0201. The Kier molecular flexibility index (Phi) is 44.1. The van der Waals surface area contributed by atoms with Gasteiger partial charge in [0.2, 0.25) is 0 Å². The molecular weight excluding hydrogens is 733 g/mol. The highest BCUT2D eigenvalue weighted by Crippen LogP contribution is 2.13. The minimum absolute atomic E-state index is 0.105. The first-order chi connectivity index (χ1) is 29.0. The van der Waals surface area contributed by atoms with Gasteiger partial charge in [0.15, 0.2) is 6.10 Å². The Hall–Kier alpha value is -3.67. The van der Waals surface area contributed by atoms with Crippen LogP contribution in [0.2, 0.25) is 0 Å². The summed E-state index contributed by atoms with van der Waals surface area (Å²) in [5.41, 5.74) is 0. The summed E-state index contributed by atoms with van der Waals surface area (Å²) in [4.78, 5) is 37.8. The van der Waals surface area contributed by atoms with Crippen LogP contribution in [0.25, 0.3) is 0 Å². The standard InChI is InChI=1S/C53H86O6/c1-4-7-10-13-16-19-22-24-26-28-29-31-34-37-40-43-46-52(55)58-49-50(48-57-51(54)45-42-39-36-33-21-18-15-12-9-6-3)59-53(56)47-44-41-38-35-32-30-27-25-23-20-17-14-11-8-5-2/h7-8,10-11,14,16-17,19-20,23-24,26,29,31,37,40,50H,4-6,9,12-13,15,18,21-22,25,27-28,30,32-36,38-39,41-49H2,1-3H3/b10-7-,11-8-,17-14-,19-16-,23-20-,26-24-,31-29-,40-37-. The van der Waals surface area contributed by atoms with Gasteiger partial charge in [-0.15, -0.1) is 0 Å². The Labute approximate surface area is 362 Å². The zero-order valence-corrected chi connectivity index (χ0v) is 38.0. The fourth-order valence-electron chi connectivity index (χ4n) is 6.14. The molecule has 0 fully saturated rings. The van der Waals surface area contributed by atoms with E-state index >= 15 is 0 Å². The van der Waals surface area contributed by atoms with E-state index in [4.69, 9.17) is 14.2 Å². The number of carbonyl (C=O) groups is 3. The highest BCUT2D eigenvalue weighted by molar-refractivity contribution is 5.71. The van der Waals surface area contributed by atoms with Crippen LogP contribution < -0.4 is 0 Å². The summed E-state index contributed by atoms with van der Waals surface area (Å²) in [5.74, 6) is -1.01. The summed E-state index contributed by atoms with van der Waals surface area (Å²) in [5, 5.41) is 0. The Balaban J connectivity index is 4.51. The van der Waals surface area contributed by atoms with Gasteiger partial charge in [0.25, 0.3) is 0 Å². The molecule has 59 heavy (non-hydrogen) atoms. The van der Waals surface area contributed by atoms with E-state index in [1.807, 2.05) is 12.2 Å². The summed E-state index contributed by atoms with van der Waals surface area (Å²) in [7, 11) is 0. The molecule has 0 saturated heterocycles. The van der Waals surface area contributed by atoms with Crippen LogP contribution >= 0.6 is 0 Å². The molecule has 0 saturated carbocycles. The third-order valence-electron chi connectivity index (χ3n) is 9.66. The van der Waals surface area contributed by atoms with Crippen LogP contribution in [0.15, 0.2) is 97.2 Å². The van der Waals surface area contributed by atoms with E-state index in [1.165, 1.54) is 64.2 Å². The predicted octanol–water partition coefficient (Wildman–Crippen LogP) is 15.4. The van der Waals surface area contributed by atoms with Crippen molar-refractivity contribution in [2.24, 2.45) is 0 Å². The average Bonchev–Trinajstić information content (AvgIpc) is 3.23. The van der Waals surface area contributed by atoms with Crippen molar-refractivity contribution in [3.63, 3.8) is 0 Å². The van der Waals surface area contributed by atoms with E-state index in [-0.39, 0.29) is 37.5 Å². The number of ether oxygens (including phenoxy) is 3. The molecule has 0 aliphatic heterocycles. The number of hydrogen-bond acceptors (Lipinski definition) is 6. The molecular formula is C53H86O6. The fraction of sp³-hybridized carbons (Fsp3) is 0.642. The van der Waals surface area contributed by atoms with E-state index in [0.717, 1.165) is 89.9 Å². The number of hydrogen-bond donors (Lipinski definition) is 0.